The zero-order valence-electron chi connectivity index (χ0n) is 13.0. The molecule has 0 aromatic carbocycles. The predicted octanol–water partition coefficient (Wildman–Crippen LogP) is -0.0966. The molecule has 0 unspecified atom stereocenters. The van der Waals surface area contributed by atoms with Crippen LogP contribution >= 0.6 is 0 Å². The monoisotopic (exact) mass is 300 g/mol. The second kappa shape index (κ2) is 4.38. The molecule has 4 rings (SSSR count). The van der Waals surface area contributed by atoms with Crippen LogP contribution in [0.1, 0.15) is 27.7 Å². The number of fused-ring (bicyclic) bond motifs is 2. The Morgan fingerprint density at radius 3 is 2.19 bits per heavy atom. The van der Waals surface area contributed by atoms with E-state index in [0.29, 0.717) is 6.61 Å². The second-order valence-corrected chi connectivity index (χ2v) is 7.07. The SMILES string of the molecule is CC1(C)OC[C@H]([C@H]2O[C@@H]3OC(C)(C)O[C@@H]3C23NCCN3)O1. The van der Waals surface area contributed by atoms with Gasteiger partial charge in [0, 0.05) is 13.1 Å². The number of hydrogen-bond donors (Lipinski definition) is 2. The maximum Gasteiger partial charge on any atom is 0.191 e. The third-order valence-electron chi connectivity index (χ3n) is 4.56. The van der Waals surface area contributed by atoms with Crippen LogP contribution in [0.25, 0.3) is 0 Å². The topological polar surface area (TPSA) is 70.2 Å². The minimum atomic E-state index is -0.633. The highest BCUT2D eigenvalue weighted by Gasteiger charge is 2.67. The van der Waals surface area contributed by atoms with Crippen molar-refractivity contribution in [1.29, 1.82) is 0 Å². The Labute approximate surface area is 124 Å². The van der Waals surface area contributed by atoms with E-state index in [1.807, 2.05) is 27.7 Å². The molecule has 0 aromatic rings. The van der Waals surface area contributed by atoms with Crippen molar-refractivity contribution in [3.8, 4) is 0 Å². The molecule has 7 heteroatoms. The van der Waals surface area contributed by atoms with E-state index < -0.39 is 23.5 Å². The van der Waals surface area contributed by atoms with E-state index in [4.69, 9.17) is 23.7 Å². The molecule has 21 heavy (non-hydrogen) atoms. The van der Waals surface area contributed by atoms with Crippen molar-refractivity contribution < 1.29 is 23.7 Å². The van der Waals surface area contributed by atoms with Gasteiger partial charge in [-0.25, -0.2) is 0 Å². The molecule has 0 bridgehead atoms. The first-order valence-corrected chi connectivity index (χ1v) is 7.64. The summed E-state index contributed by atoms with van der Waals surface area (Å²) in [5.74, 6) is -1.21. The average molecular weight is 300 g/mol. The molecule has 4 aliphatic rings. The molecule has 0 aromatic heterocycles. The Morgan fingerprint density at radius 2 is 1.57 bits per heavy atom. The summed E-state index contributed by atoms with van der Waals surface area (Å²) in [4.78, 5) is 0. The van der Waals surface area contributed by atoms with E-state index in [1.165, 1.54) is 0 Å². The van der Waals surface area contributed by atoms with Gasteiger partial charge in [0.1, 0.15) is 24.0 Å². The molecule has 7 nitrogen and oxygen atoms in total. The second-order valence-electron chi connectivity index (χ2n) is 7.07. The minimum absolute atomic E-state index is 0.154. The summed E-state index contributed by atoms with van der Waals surface area (Å²) in [7, 11) is 0. The summed E-state index contributed by atoms with van der Waals surface area (Å²) in [6, 6.07) is 0. The fourth-order valence-corrected chi connectivity index (χ4v) is 3.80. The van der Waals surface area contributed by atoms with Crippen LogP contribution in [0.4, 0.5) is 0 Å². The third kappa shape index (κ3) is 2.15. The van der Waals surface area contributed by atoms with E-state index in [9.17, 15) is 0 Å². The molecule has 4 atom stereocenters. The lowest BCUT2D eigenvalue weighted by molar-refractivity contribution is -0.231. The first kappa shape index (κ1) is 14.3. The van der Waals surface area contributed by atoms with Gasteiger partial charge < -0.3 is 23.7 Å². The zero-order valence-corrected chi connectivity index (χ0v) is 13.0. The van der Waals surface area contributed by atoms with E-state index in [0.717, 1.165) is 13.1 Å². The van der Waals surface area contributed by atoms with Crippen LogP contribution in [-0.4, -0.2) is 61.5 Å². The molecule has 0 saturated carbocycles. The van der Waals surface area contributed by atoms with Crippen molar-refractivity contribution in [2.24, 2.45) is 0 Å². The number of hydrogen-bond acceptors (Lipinski definition) is 7. The molecule has 4 saturated heterocycles. The summed E-state index contributed by atoms with van der Waals surface area (Å²) in [6.45, 7) is 9.89. The molecular formula is C14H24N2O5. The van der Waals surface area contributed by atoms with Crippen LogP contribution in [0.2, 0.25) is 0 Å². The lowest BCUT2D eigenvalue weighted by Crippen LogP contribution is -2.66. The van der Waals surface area contributed by atoms with E-state index in [1.54, 1.807) is 0 Å². The normalized spacial score (nSPS) is 46.3. The van der Waals surface area contributed by atoms with Crippen LogP contribution < -0.4 is 10.6 Å². The Kier molecular flexibility index (Phi) is 2.99. The lowest BCUT2D eigenvalue weighted by atomic mass is 9.95. The molecule has 0 amide bonds. The minimum Gasteiger partial charge on any atom is -0.348 e. The van der Waals surface area contributed by atoms with Crippen LogP contribution in [0.15, 0.2) is 0 Å². The van der Waals surface area contributed by atoms with Gasteiger partial charge in [-0.05, 0) is 27.7 Å². The van der Waals surface area contributed by atoms with Crippen LogP contribution in [0, 0.1) is 0 Å². The standard InChI is InChI=1S/C14H24N2O5/c1-12(2)17-7-8(19-12)9-14(15-5-6-16-14)10-11(18-9)21-13(3,4)20-10/h8-11,15-16H,5-7H2,1-4H3/t8-,9-,10+,11-/m1/s1. The molecule has 4 heterocycles. The summed E-state index contributed by atoms with van der Waals surface area (Å²) in [5, 5.41) is 7.04. The molecular weight excluding hydrogens is 276 g/mol. The van der Waals surface area contributed by atoms with Crippen LogP contribution in [-0.2, 0) is 23.7 Å². The highest BCUT2D eigenvalue weighted by Crippen LogP contribution is 2.45. The van der Waals surface area contributed by atoms with E-state index >= 15 is 0 Å². The Bertz CT molecular complexity index is 435. The van der Waals surface area contributed by atoms with Crippen LogP contribution in [0.5, 0.6) is 0 Å². The maximum atomic E-state index is 6.16. The van der Waals surface area contributed by atoms with Gasteiger partial charge in [-0.15, -0.1) is 0 Å². The molecule has 2 N–H and O–H groups in total. The van der Waals surface area contributed by atoms with Gasteiger partial charge in [0.2, 0.25) is 0 Å². The Balaban J connectivity index is 1.61. The lowest BCUT2D eigenvalue weighted by Gasteiger charge is -2.37. The van der Waals surface area contributed by atoms with Crippen molar-refractivity contribution in [2.75, 3.05) is 19.7 Å². The highest BCUT2D eigenvalue weighted by atomic mass is 16.8. The summed E-state index contributed by atoms with van der Waals surface area (Å²) in [5.41, 5.74) is -0.479. The average Bonchev–Trinajstić information content (AvgIpc) is 3.08. The van der Waals surface area contributed by atoms with E-state index in [-0.39, 0.29) is 18.3 Å². The van der Waals surface area contributed by atoms with Crippen molar-refractivity contribution in [1.82, 2.24) is 10.6 Å². The first-order valence-electron chi connectivity index (χ1n) is 7.64. The number of ether oxygens (including phenoxy) is 5. The molecule has 4 aliphatic heterocycles. The summed E-state index contributed by atoms with van der Waals surface area (Å²) >= 11 is 0. The van der Waals surface area contributed by atoms with Crippen LogP contribution in [0.3, 0.4) is 0 Å². The number of rotatable bonds is 1. The fourth-order valence-electron chi connectivity index (χ4n) is 3.80. The predicted molar refractivity (Wildman–Crippen MR) is 72.3 cm³/mol. The smallest absolute Gasteiger partial charge is 0.191 e. The highest BCUT2D eigenvalue weighted by molar-refractivity contribution is 5.14. The summed E-state index contributed by atoms with van der Waals surface area (Å²) < 4.78 is 29.8. The molecule has 0 aliphatic carbocycles. The Morgan fingerprint density at radius 1 is 0.857 bits per heavy atom. The molecule has 0 radical (unpaired) electrons. The quantitative estimate of drug-likeness (QED) is 0.701. The summed E-state index contributed by atoms with van der Waals surface area (Å²) in [6.07, 6.45) is -0.963. The van der Waals surface area contributed by atoms with Crippen molar-refractivity contribution in [2.45, 2.75) is 69.5 Å². The first-order chi connectivity index (χ1) is 9.81. The molecule has 4 fully saturated rings. The molecule has 120 valence electrons. The fraction of sp³-hybridized carbons (Fsp3) is 1.00. The zero-order chi connectivity index (χ0) is 14.9. The third-order valence-corrected chi connectivity index (χ3v) is 4.56. The van der Waals surface area contributed by atoms with Gasteiger partial charge in [-0.1, -0.05) is 0 Å². The van der Waals surface area contributed by atoms with E-state index in [2.05, 4.69) is 10.6 Å². The largest absolute Gasteiger partial charge is 0.348 e. The van der Waals surface area contributed by atoms with Gasteiger partial charge in [0.15, 0.2) is 17.9 Å². The van der Waals surface area contributed by atoms with Gasteiger partial charge in [-0.3, -0.25) is 10.6 Å². The van der Waals surface area contributed by atoms with Gasteiger partial charge in [0.25, 0.3) is 0 Å². The molecule has 1 spiro atoms. The maximum absolute atomic E-state index is 6.16. The van der Waals surface area contributed by atoms with Gasteiger partial charge >= 0.3 is 0 Å². The van der Waals surface area contributed by atoms with Gasteiger partial charge in [-0.2, -0.15) is 0 Å². The van der Waals surface area contributed by atoms with Crippen molar-refractivity contribution in [3.63, 3.8) is 0 Å². The van der Waals surface area contributed by atoms with Crippen molar-refractivity contribution >= 4 is 0 Å². The Hall–Kier alpha value is -0.280. The van der Waals surface area contributed by atoms with Crippen molar-refractivity contribution in [3.05, 3.63) is 0 Å². The number of nitrogens with one attached hydrogen (secondary N) is 2. The van der Waals surface area contributed by atoms with Gasteiger partial charge in [0.05, 0.1) is 6.61 Å².